The fraction of sp³-hybridized carbons (Fsp3) is 0.174. The van der Waals surface area contributed by atoms with Crippen molar-refractivity contribution in [2.45, 2.75) is 20.8 Å². The number of ether oxygens (including phenoxy) is 1. The minimum Gasteiger partial charge on any atom is -0.465 e. The molecule has 1 heterocycles. The highest BCUT2D eigenvalue weighted by Gasteiger charge is 2.14. The first kappa shape index (κ1) is 20.1. The summed E-state index contributed by atoms with van der Waals surface area (Å²) < 4.78 is 6.88. The minimum absolute atomic E-state index is 0.259. The Bertz CT molecular complexity index is 1080. The van der Waals surface area contributed by atoms with Gasteiger partial charge in [0.1, 0.15) is 0 Å². The molecule has 6 nitrogen and oxygen atoms in total. The smallest absolute Gasteiger partial charge is 0.337 e. The maximum atomic E-state index is 12.1. The predicted molar refractivity (Wildman–Crippen MR) is 113 cm³/mol. The summed E-state index contributed by atoms with van der Waals surface area (Å²) in [4.78, 5) is 23.8. The summed E-state index contributed by atoms with van der Waals surface area (Å²) in [5.41, 5.74) is 8.44. The highest BCUT2D eigenvalue weighted by atomic mass is 16.5. The molecule has 148 valence electrons. The number of benzene rings is 2. The molecule has 3 rings (SSSR count). The van der Waals surface area contributed by atoms with Crippen LogP contribution in [-0.2, 0) is 4.74 Å². The summed E-state index contributed by atoms with van der Waals surface area (Å²) >= 11 is 0. The highest BCUT2D eigenvalue weighted by molar-refractivity contribution is 5.95. The predicted octanol–water partition coefficient (Wildman–Crippen LogP) is 3.95. The molecule has 2 aromatic carbocycles. The van der Waals surface area contributed by atoms with Gasteiger partial charge in [0, 0.05) is 28.2 Å². The van der Waals surface area contributed by atoms with Gasteiger partial charge in [-0.2, -0.15) is 5.10 Å². The van der Waals surface area contributed by atoms with Gasteiger partial charge >= 0.3 is 5.97 Å². The van der Waals surface area contributed by atoms with Gasteiger partial charge < -0.3 is 9.30 Å². The van der Waals surface area contributed by atoms with Crippen molar-refractivity contribution in [1.82, 2.24) is 9.99 Å². The van der Waals surface area contributed by atoms with Gasteiger partial charge in [0.05, 0.1) is 18.9 Å². The van der Waals surface area contributed by atoms with Crippen LogP contribution in [0.15, 0.2) is 59.7 Å². The summed E-state index contributed by atoms with van der Waals surface area (Å²) in [7, 11) is 1.37. The maximum Gasteiger partial charge on any atom is 0.337 e. The number of rotatable bonds is 5. The first-order valence-electron chi connectivity index (χ1n) is 9.19. The van der Waals surface area contributed by atoms with Crippen molar-refractivity contribution in [2.24, 2.45) is 5.10 Å². The normalized spacial score (nSPS) is 10.9. The number of amides is 1. The Morgan fingerprint density at radius 3 is 2.38 bits per heavy atom. The number of hydrazone groups is 1. The lowest BCUT2D eigenvalue weighted by molar-refractivity contribution is 0.0600. The van der Waals surface area contributed by atoms with Crippen LogP contribution in [0.4, 0.5) is 0 Å². The van der Waals surface area contributed by atoms with Gasteiger partial charge in [0.2, 0.25) is 0 Å². The lowest BCUT2D eigenvalue weighted by Crippen LogP contribution is -2.17. The van der Waals surface area contributed by atoms with Gasteiger partial charge in [-0.3, -0.25) is 4.79 Å². The van der Waals surface area contributed by atoms with Gasteiger partial charge in [-0.25, -0.2) is 10.2 Å². The van der Waals surface area contributed by atoms with Gasteiger partial charge in [-0.1, -0.05) is 18.2 Å². The molecule has 0 atom stereocenters. The van der Waals surface area contributed by atoms with Crippen LogP contribution in [0.3, 0.4) is 0 Å². The molecule has 29 heavy (non-hydrogen) atoms. The van der Waals surface area contributed by atoms with E-state index in [1.807, 2.05) is 45.0 Å². The second kappa shape index (κ2) is 8.56. The van der Waals surface area contributed by atoms with E-state index in [9.17, 15) is 9.59 Å². The fourth-order valence-electron chi connectivity index (χ4n) is 3.25. The zero-order valence-corrected chi connectivity index (χ0v) is 16.9. The summed E-state index contributed by atoms with van der Waals surface area (Å²) in [5, 5.41) is 4.10. The Balaban J connectivity index is 1.84. The van der Waals surface area contributed by atoms with Gasteiger partial charge in [-0.15, -0.1) is 0 Å². The zero-order valence-electron chi connectivity index (χ0n) is 16.9. The molecular weight excluding hydrogens is 366 g/mol. The van der Waals surface area contributed by atoms with Crippen molar-refractivity contribution in [3.8, 4) is 5.69 Å². The molecule has 1 amide bonds. The number of hydrogen-bond acceptors (Lipinski definition) is 4. The van der Waals surface area contributed by atoms with Gasteiger partial charge in [0.25, 0.3) is 5.91 Å². The van der Waals surface area contributed by atoms with E-state index in [0.29, 0.717) is 11.1 Å². The molecule has 0 aliphatic rings. The highest BCUT2D eigenvalue weighted by Crippen LogP contribution is 2.23. The summed E-state index contributed by atoms with van der Waals surface area (Å²) in [6.45, 7) is 5.94. The fourth-order valence-corrected chi connectivity index (χ4v) is 3.25. The van der Waals surface area contributed by atoms with Crippen LogP contribution in [0.2, 0.25) is 0 Å². The van der Waals surface area contributed by atoms with E-state index < -0.39 is 0 Å². The largest absolute Gasteiger partial charge is 0.465 e. The van der Waals surface area contributed by atoms with Crippen molar-refractivity contribution in [2.75, 3.05) is 7.11 Å². The summed E-state index contributed by atoms with van der Waals surface area (Å²) in [5.74, 6) is -0.618. The van der Waals surface area contributed by atoms with Crippen molar-refractivity contribution in [3.63, 3.8) is 0 Å². The molecule has 0 radical (unpaired) electrons. The number of carbonyl (C=O) groups excluding carboxylic acids is 2. The number of hydrogen-bond donors (Lipinski definition) is 1. The number of methoxy groups -OCH3 is 1. The van der Waals surface area contributed by atoms with E-state index in [2.05, 4.69) is 15.1 Å². The van der Waals surface area contributed by atoms with Crippen molar-refractivity contribution in [3.05, 3.63) is 88.2 Å². The zero-order chi connectivity index (χ0) is 21.0. The second-order valence-corrected chi connectivity index (χ2v) is 6.72. The van der Waals surface area contributed by atoms with Crippen LogP contribution < -0.4 is 5.43 Å². The van der Waals surface area contributed by atoms with Crippen molar-refractivity contribution in [1.29, 1.82) is 0 Å². The molecule has 0 spiro atoms. The first-order valence-corrected chi connectivity index (χ1v) is 9.19. The number of aromatic nitrogens is 1. The van der Waals surface area contributed by atoms with E-state index in [4.69, 9.17) is 4.74 Å². The summed E-state index contributed by atoms with van der Waals surface area (Å²) in [6, 6.07) is 16.4. The van der Waals surface area contributed by atoms with Crippen molar-refractivity contribution >= 4 is 18.1 Å². The Morgan fingerprint density at radius 1 is 1.00 bits per heavy atom. The third kappa shape index (κ3) is 4.27. The van der Waals surface area contributed by atoms with Gasteiger partial charge in [-0.05, 0) is 62.7 Å². The Kier molecular flexibility index (Phi) is 5.93. The lowest BCUT2D eigenvalue weighted by atomic mass is 10.1. The van der Waals surface area contributed by atoms with Crippen LogP contribution in [-0.4, -0.2) is 29.8 Å². The quantitative estimate of drug-likeness (QED) is 0.408. The number of carbonyl (C=O) groups is 2. The molecule has 0 aliphatic heterocycles. The minimum atomic E-state index is -0.359. The maximum absolute atomic E-state index is 12.1. The van der Waals surface area contributed by atoms with Crippen molar-refractivity contribution < 1.29 is 14.3 Å². The van der Waals surface area contributed by atoms with Crippen LogP contribution in [0, 0.1) is 20.8 Å². The summed E-state index contributed by atoms with van der Waals surface area (Å²) in [6.07, 6.45) is 1.64. The molecule has 3 aromatic rings. The van der Waals surface area contributed by atoms with Gasteiger partial charge in [0.15, 0.2) is 0 Å². The number of nitrogens with zero attached hydrogens (tertiary/aromatic N) is 2. The topological polar surface area (TPSA) is 72.7 Å². The third-order valence-corrected chi connectivity index (χ3v) is 4.73. The average Bonchev–Trinajstić information content (AvgIpc) is 3.01. The number of nitrogens with one attached hydrogen (secondary N) is 1. The van der Waals surface area contributed by atoms with E-state index in [1.54, 1.807) is 36.5 Å². The lowest BCUT2D eigenvalue weighted by Gasteiger charge is -2.13. The van der Waals surface area contributed by atoms with E-state index >= 15 is 0 Å². The first-order chi connectivity index (χ1) is 13.9. The van der Waals surface area contributed by atoms with Crippen LogP contribution in [0.25, 0.3) is 5.69 Å². The molecule has 1 N–H and O–H groups in total. The average molecular weight is 389 g/mol. The molecule has 0 fully saturated rings. The Labute approximate surface area is 169 Å². The van der Waals surface area contributed by atoms with E-state index in [0.717, 1.165) is 28.2 Å². The number of aryl methyl sites for hydroxylation is 2. The van der Waals surface area contributed by atoms with Crippen LogP contribution in [0.1, 0.15) is 43.2 Å². The molecule has 6 heteroatoms. The molecule has 0 unspecified atom stereocenters. The SMILES string of the molecule is COC(=O)c1ccc(-n2c(C)cc(/C=N/NC(=O)c3ccccc3)c2C)c(C)c1. The third-order valence-electron chi connectivity index (χ3n) is 4.73. The monoisotopic (exact) mass is 389 g/mol. The molecule has 1 aromatic heterocycles. The van der Waals surface area contributed by atoms with E-state index in [1.165, 1.54) is 7.11 Å². The molecular formula is C23H23N3O3. The number of esters is 1. The van der Waals surface area contributed by atoms with Crippen LogP contribution >= 0.6 is 0 Å². The molecule has 0 saturated carbocycles. The molecule has 0 bridgehead atoms. The molecule has 0 saturated heterocycles. The Morgan fingerprint density at radius 2 is 1.72 bits per heavy atom. The second-order valence-electron chi connectivity index (χ2n) is 6.72. The molecule has 0 aliphatic carbocycles. The standard InChI is InChI=1S/C23H23N3O3/c1-15-12-19(23(28)29-4)10-11-21(15)26-16(2)13-20(17(26)3)14-24-25-22(27)18-8-6-5-7-9-18/h5-14H,1-4H3,(H,25,27)/b24-14+. The van der Waals surface area contributed by atoms with Crippen LogP contribution in [0.5, 0.6) is 0 Å². The Hall–Kier alpha value is -3.67. The van der Waals surface area contributed by atoms with E-state index in [-0.39, 0.29) is 11.9 Å².